The molecule has 0 atom stereocenters. The molecule has 1 radical (unpaired) electrons. The molecule has 1 rings (SSSR count). The van der Waals surface area contributed by atoms with Gasteiger partial charge in [-0.15, -0.1) is 0 Å². The summed E-state index contributed by atoms with van der Waals surface area (Å²) in [5, 5.41) is 0. The van der Waals surface area contributed by atoms with Crippen LogP contribution < -0.4 is 4.90 Å². The second kappa shape index (κ2) is 3.92. The third kappa shape index (κ3) is 2.71. The third-order valence-corrected chi connectivity index (χ3v) is 1.87. The van der Waals surface area contributed by atoms with E-state index in [0.29, 0.717) is 10.5 Å². The van der Waals surface area contributed by atoms with E-state index in [2.05, 4.69) is 6.92 Å². The number of anilines is 1. The zero-order valence-electron chi connectivity index (χ0n) is 8.01. The quantitative estimate of drug-likeness (QED) is 0.705. The number of hydrogen-bond acceptors (Lipinski definition) is 1. The molecule has 0 aromatic heterocycles. The van der Waals surface area contributed by atoms with Gasteiger partial charge in [0.1, 0.15) is 0 Å². The number of amides is 1. The van der Waals surface area contributed by atoms with Crippen molar-refractivity contribution in [1.82, 2.24) is 0 Å². The molecule has 0 unspecified atom stereocenters. The maximum Gasteiger partial charge on any atom is 0.471 e. The molecule has 0 bridgehead atoms. The molecule has 0 N–H and O–H groups in total. The molecule has 0 aliphatic carbocycles. The first-order chi connectivity index (χ1) is 6.82. The van der Waals surface area contributed by atoms with E-state index >= 15 is 0 Å². The molecule has 0 aliphatic rings. The van der Waals surface area contributed by atoms with Gasteiger partial charge in [-0.2, -0.15) is 13.2 Å². The minimum Gasteiger partial charge on any atom is -0.308 e. The van der Waals surface area contributed by atoms with Gasteiger partial charge in [0, 0.05) is 12.7 Å². The fourth-order valence-electron chi connectivity index (χ4n) is 1.03. The van der Waals surface area contributed by atoms with Crippen LogP contribution in [0.2, 0.25) is 0 Å². The predicted molar refractivity (Wildman–Crippen MR) is 50.4 cm³/mol. The Morgan fingerprint density at radius 2 is 1.73 bits per heavy atom. The van der Waals surface area contributed by atoms with Gasteiger partial charge in [0.15, 0.2) is 0 Å². The van der Waals surface area contributed by atoms with Gasteiger partial charge in [0.2, 0.25) is 0 Å². The van der Waals surface area contributed by atoms with Crippen LogP contribution >= 0.6 is 0 Å². The Bertz CT molecular complexity index is 356. The van der Waals surface area contributed by atoms with Crippen LogP contribution in [0.1, 0.15) is 5.56 Å². The summed E-state index contributed by atoms with van der Waals surface area (Å²) in [4.78, 5) is 11.4. The molecular weight excluding hydrogens is 207 g/mol. The lowest BCUT2D eigenvalue weighted by Gasteiger charge is -2.18. The number of hydrogen-bond donors (Lipinski definition) is 0. The number of halogens is 3. The summed E-state index contributed by atoms with van der Waals surface area (Å²) in [5.74, 6) is -1.89. The molecule has 2 nitrogen and oxygen atoms in total. The lowest BCUT2D eigenvalue weighted by molar-refractivity contribution is -0.170. The monoisotopic (exact) mass is 216 g/mol. The third-order valence-electron chi connectivity index (χ3n) is 1.87. The van der Waals surface area contributed by atoms with Crippen LogP contribution in [0.5, 0.6) is 0 Å². The van der Waals surface area contributed by atoms with Crippen LogP contribution in [0.25, 0.3) is 0 Å². The highest BCUT2D eigenvalue weighted by atomic mass is 19.4. The van der Waals surface area contributed by atoms with Crippen molar-refractivity contribution in [3.8, 4) is 0 Å². The van der Waals surface area contributed by atoms with E-state index in [1.54, 1.807) is 0 Å². The van der Waals surface area contributed by atoms with Gasteiger partial charge in [-0.3, -0.25) is 4.79 Å². The van der Waals surface area contributed by atoms with Crippen molar-refractivity contribution in [3.05, 3.63) is 36.8 Å². The molecule has 5 heteroatoms. The second-order valence-electron chi connectivity index (χ2n) is 3.03. The standard InChI is InChI=1S/C10H9F3NO/c1-7-3-5-8(6-4-7)14(2)9(15)10(11,12)13/h3-6H,1H2,2H3. The summed E-state index contributed by atoms with van der Waals surface area (Å²) < 4.78 is 36.2. The van der Waals surface area contributed by atoms with Crippen LogP contribution in [0, 0.1) is 6.92 Å². The fourth-order valence-corrected chi connectivity index (χ4v) is 1.03. The van der Waals surface area contributed by atoms with Gasteiger partial charge in [-0.05, 0) is 24.6 Å². The average Bonchev–Trinajstić information content (AvgIpc) is 2.15. The zero-order chi connectivity index (χ0) is 11.6. The van der Waals surface area contributed by atoms with E-state index in [9.17, 15) is 18.0 Å². The summed E-state index contributed by atoms with van der Waals surface area (Å²) in [6.45, 7) is 3.59. The Hall–Kier alpha value is -1.52. The van der Waals surface area contributed by atoms with Crippen molar-refractivity contribution in [2.45, 2.75) is 6.18 Å². The SMILES string of the molecule is [CH2]c1ccc(N(C)C(=O)C(F)(F)F)cc1. The molecule has 0 heterocycles. The van der Waals surface area contributed by atoms with Crippen LogP contribution in [0.3, 0.4) is 0 Å². The summed E-state index contributed by atoms with van der Waals surface area (Å²) >= 11 is 0. The fraction of sp³-hybridized carbons (Fsp3) is 0.200. The molecule has 1 aromatic carbocycles. The average molecular weight is 216 g/mol. The molecule has 0 aliphatic heterocycles. The van der Waals surface area contributed by atoms with E-state index in [0.717, 1.165) is 7.05 Å². The smallest absolute Gasteiger partial charge is 0.308 e. The predicted octanol–water partition coefficient (Wildman–Crippen LogP) is 2.39. The van der Waals surface area contributed by atoms with E-state index in [1.807, 2.05) is 0 Å². The van der Waals surface area contributed by atoms with E-state index in [1.165, 1.54) is 24.3 Å². The molecule has 1 amide bonds. The molecule has 15 heavy (non-hydrogen) atoms. The van der Waals surface area contributed by atoms with E-state index < -0.39 is 12.1 Å². The first-order valence-corrected chi connectivity index (χ1v) is 4.09. The molecule has 81 valence electrons. The second-order valence-corrected chi connectivity index (χ2v) is 3.03. The molecular formula is C10H9F3NO. The minimum atomic E-state index is -4.85. The van der Waals surface area contributed by atoms with Gasteiger partial charge in [-0.1, -0.05) is 12.1 Å². The Balaban J connectivity index is 2.90. The summed E-state index contributed by atoms with van der Waals surface area (Å²) in [6.07, 6.45) is -4.85. The minimum absolute atomic E-state index is 0.185. The lowest BCUT2D eigenvalue weighted by Crippen LogP contribution is -2.38. The number of carbonyl (C=O) groups is 1. The highest BCUT2D eigenvalue weighted by Gasteiger charge is 2.41. The Labute approximate surface area is 85.3 Å². The van der Waals surface area contributed by atoms with E-state index in [-0.39, 0.29) is 5.69 Å². The first-order valence-electron chi connectivity index (χ1n) is 4.09. The highest BCUT2D eigenvalue weighted by molar-refractivity contribution is 5.96. The number of carbonyl (C=O) groups excluding carboxylic acids is 1. The van der Waals surface area contributed by atoms with Crippen molar-refractivity contribution in [1.29, 1.82) is 0 Å². The van der Waals surface area contributed by atoms with Crippen LogP contribution in [-0.4, -0.2) is 19.1 Å². The van der Waals surface area contributed by atoms with Crippen LogP contribution in [0.15, 0.2) is 24.3 Å². The maximum absolute atomic E-state index is 12.1. The Morgan fingerprint density at radius 1 is 1.27 bits per heavy atom. The molecule has 0 saturated carbocycles. The number of rotatable bonds is 1. The Morgan fingerprint density at radius 3 is 2.13 bits per heavy atom. The molecule has 0 saturated heterocycles. The first kappa shape index (κ1) is 11.6. The summed E-state index contributed by atoms with van der Waals surface area (Å²) in [5.41, 5.74) is 0.858. The van der Waals surface area contributed by atoms with Crippen LogP contribution in [0.4, 0.5) is 18.9 Å². The van der Waals surface area contributed by atoms with Gasteiger partial charge >= 0.3 is 12.1 Å². The largest absolute Gasteiger partial charge is 0.471 e. The zero-order valence-corrected chi connectivity index (χ0v) is 8.01. The van der Waals surface area contributed by atoms with Crippen molar-refractivity contribution in [2.75, 3.05) is 11.9 Å². The van der Waals surface area contributed by atoms with Crippen LogP contribution in [-0.2, 0) is 4.79 Å². The van der Waals surface area contributed by atoms with E-state index in [4.69, 9.17) is 0 Å². The number of alkyl halides is 3. The maximum atomic E-state index is 12.1. The topological polar surface area (TPSA) is 20.3 Å². The summed E-state index contributed by atoms with van der Waals surface area (Å²) in [6, 6.07) is 5.89. The van der Waals surface area contributed by atoms with Crippen molar-refractivity contribution in [3.63, 3.8) is 0 Å². The van der Waals surface area contributed by atoms with Crippen molar-refractivity contribution in [2.24, 2.45) is 0 Å². The van der Waals surface area contributed by atoms with Gasteiger partial charge < -0.3 is 4.90 Å². The molecule has 0 spiro atoms. The van der Waals surface area contributed by atoms with Gasteiger partial charge in [0.05, 0.1) is 0 Å². The number of benzene rings is 1. The van der Waals surface area contributed by atoms with Crippen molar-refractivity contribution < 1.29 is 18.0 Å². The molecule has 1 aromatic rings. The molecule has 0 fully saturated rings. The Kier molecular flexibility index (Phi) is 3.02. The van der Waals surface area contributed by atoms with Gasteiger partial charge in [-0.25, -0.2) is 0 Å². The summed E-state index contributed by atoms with van der Waals surface area (Å²) in [7, 11) is 1.08. The highest BCUT2D eigenvalue weighted by Crippen LogP contribution is 2.22. The van der Waals surface area contributed by atoms with Crippen molar-refractivity contribution >= 4 is 11.6 Å². The lowest BCUT2D eigenvalue weighted by atomic mass is 10.2. The van der Waals surface area contributed by atoms with Gasteiger partial charge in [0.25, 0.3) is 0 Å². The normalized spacial score (nSPS) is 11.3. The number of nitrogens with zero attached hydrogens (tertiary/aromatic N) is 1.